The van der Waals surface area contributed by atoms with Crippen molar-refractivity contribution in [3.63, 3.8) is 0 Å². The minimum absolute atomic E-state index is 0.0337. The predicted octanol–water partition coefficient (Wildman–Crippen LogP) is 1.28. The maximum Gasteiger partial charge on any atom is 0.334 e. The number of ether oxygens (including phenoxy) is 1. The molecule has 0 spiro atoms. The Balaban J connectivity index is 2.14. The molecule has 0 aromatic carbocycles. The molecule has 1 amide bonds. The average molecular weight is 318 g/mol. The number of nitrogens with zero attached hydrogens (tertiary/aromatic N) is 1. The minimum atomic E-state index is -1.06. The second-order valence-corrected chi connectivity index (χ2v) is 4.79. The summed E-state index contributed by atoms with van der Waals surface area (Å²) in [6.45, 7) is 2.37. The molecule has 0 saturated carbocycles. The van der Waals surface area contributed by atoms with Gasteiger partial charge < -0.3 is 19.2 Å². The van der Waals surface area contributed by atoms with Crippen LogP contribution in [0.2, 0.25) is 0 Å². The highest BCUT2D eigenvalue weighted by Gasteiger charge is 2.31. The molecule has 1 atom stereocenters. The number of rotatable bonds is 2. The molecule has 1 aromatic heterocycles. The summed E-state index contributed by atoms with van der Waals surface area (Å²) >= 11 is 3.15. The van der Waals surface area contributed by atoms with Crippen LogP contribution in [0.3, 0.4) is 0 Å². The van der Waals surface area contributed by atoms with Crippen molar-refractivity contribution in [2.75, 3.05) is 19.7 Å². The maximum atomic E-state index is 12.2. The smallest absolute Gasteiger partial charge is 0.334 e. The molecule has 18 heavy (non-hydrogen) atoms. The molecule has 0 bridgehead atoms. The predicted molar refractivity (Wildman–Crippen MR) is 64.4 cm³/mol. The summed E-state index contributed by atoms with van der Waals surface area (Å²) in [6, 6.07) is 1.70. The lowest BCUT2D eigenvalue weighted by Gasteiger charge is -2.30. The van der Waals surface area contributed by atoms with Crippen LogP contribution in [0, 0.1) is 6.92 Å². The molecule has 6 nitrogen and oxygen atoms in total. The Bertz CT molecular complexity index is 484. The third-order valence-electron chi connectivity index (χ3n) is 2.71. The van der Waals surface area contributed by atoms with Crippen molar-refractivity contribution in [3.8, 4) is 0 Å². The summed E-state index contributed by atoms with van der Waals surface area (Å²) in [5, 5.41) is 8.87. The number of aliphatic carboxylic acids is 1. The summed E-state index contributed by atoms with van der Waals surface area (Å²) in [7, 11) is 0. The average Bonchev–Trinajstić information content (AvgIpc) is 2.67. The molecule has 1 aliphatic rings. The number of furan rings is 1. The molecular weight excluding hydrogens is 306 g/mol. The van der Waals surface area contributed by atoms with Gasteiger partial charge in [0.2, 0.25) is 0 Å². The summed E-state index contributed by atoms with van der Waals surface area (Å²) in [5.74, 6) is -1.15. The normalized spacial score (nSPS) is 19.9. The molecule has 2 rings (SSSR count). The van der Waals surface area contributed by atoms with E-state index in [1.54, 1.807) is 13.0 Å². The van der Waals surface area contributed by atoms with Gasteiger partial charge in [-0.25, -0.2) is 4.79 Å². The van der Waals surface area contributed by atoms with Crippen LogP contribution in [0.1, 0.15) is 16.1 Å². The first-order valence-corrected chi connectivity index (χ1v) is 6.18. The fraction of sp³-hybridized carbons (Fsp3) is 0.455. The first-order valence-electron chi connectivity index (χ1n) is 5.38. The second kappa shape index (κ2) is 5.11. The number of carbonyl (C=O) groups excluding carboxylic acids is 1. The number of hydrogen-bond acceptors (Lipinski definition) is 4. The zero-order valence-electron chi connectivity index (χ0n) is 9.68. The molecule has 1 unspecified atom stereocenters. The number of carbonyl (C=O) groups is 2. The van der Waals surface area contributed by atoms with Gasteiger partial charge in [0.25, 0.3) is 5.91 Å². The zero-order chi connectivity index (χ0) is 13.3. The first-order chi connectivity index (χ1) is 8.49. The van der Waals surface area contributed by atoms with Crippen LogP contribution in [-0.2, 0) is 9.53 Å². The van der Waals surface area contributed by atoms with Crippen molar-refractivity contribution >= 4 is 27.8 Å². The van der Waals surface area contributed by atoms with Crippen LogP contribution in [0.5, 0.6) is 0 Å². The van der Waals surface area contributed by atoms with Crippen LogP contribution >= 0.6 is 15.9 Å². The number of halogens is 1. The Kier molecular flexibility index (Phi) is 3.72. The standard InChI is InChI=1S/C11H12BrNO5/c1-6-4-8(12)18-9(6)10(14)13-2-3-17-7(5-13)11(15)16/h4,7H,2-3,5H2,1H3,(H,15,16). The third kappa shape index (κ3) is 2.56. The van der Waals surface area contributed by atoms with Crippen LogP contribution in [-0.4, -0.2) is 47.7 Å². The summed E-state index contributed by atoms with van der Waals surface area (Å²) in [6.07, 6.45) is -0.971. The van der Waals surface area contributed by atoms with Gasteiger partial charge in [0, 0.05) is 12.1 Å². The van der Waals surface area contributed by atoms with E-state index in [2.05, 4.69) is 15.9 Å². The Morgan fingerprint density at radius 2 is 2.28 bits per heavy atom. The van der Waals surface area contributed by atoms with Gasteiger partial charge in [-0.05, 0) is 28.9 Å². The number of amides is 1. The summed E-state index contributed by atoms with van der Waals surface area (Å²) in [5.41, 5.74) is 0.713. The maximum absolute atomic E-state index is 12.2. The van der Waals surface area contributed by atoms with Crippen molar-refractivity contribution < 1.29 is 23.8 Å². The van der Waals surface area contributed by atoms with E-state index in [1.807, 2.05) is 0 Å². The number of aryl methyl sites for hydroxylation is 1. The molecule has 2 heterocycles. The Morgan fingerprint density at radius 3 is 2.83 bits per heavy atom. The minimum Gasteiger partial charge on any atom is -0.479 e. The molecule has 7 heteroatoms. The molecule has 1 aromatic rings. The lowest BCUT2D eigenvalue weighted by Crippen LogP contribution is -2.48. The third-order valence-corrected chi connectivity index (χ3v) is 3.10. The van der Waals surface area contributed by atoms with E-state index < -0.39 is 12.1 Å². The molecule has 1 fully saturated rings. The van der Waals surface area contributed by atoms with Gasteiger partial charge in [-0.1, -0.05) is 0 Å². The molecular formula is C11H12BrNO5. The van der Waals surface area contributed by atoms with Crippen LogP contribution in [0.25, 0.3) is 0 Å². The highest BCUT2D eigenvalue weighted by molar-refractivity contribution is 9.10. The SMILES string of the molecule is Cc1cc(Br)oc1C(=O)N1CCOC(C(=O)O)C1. The van der Waals surface area contributed by atoms with Gasteiger partial charge in [0.1, 0.15) is 0 Å². The largest absolute Gasteiger partial charge is 0.479 e. The Labute approximate surface area is 112 Å². The fourth-order valence-electron chi connectivity index (χ4n) is 1.78. The lowest BCUT2D eigenvalue weighted by molar-refractivity contribution is -0.154. The Hall–Kier alpha value is -1.34. The van der Waals surface area contributed by atoms with Crippen molar-refractivity contribution in [2.24, 2.45) is 0 Å². The fourth-order valence-corrected chi connectivity index (χ4v) is 2.29. The first kappa shape index (κ1) is 13.1. The van der Waals surface area contributed by atoms with E-state index in [4.69, 9.17) is 14.3 Å². The molecule has 1 N–H and O–H groups in total. The quantitative estimate of drug-likeness (QED) is 0.888. The van der Waals surface area contributed by atoms with Gasteiger partial charge in [-0.15, -0.1) is 0 Å². The number of carboxylic acids is 1. The number of hydrogen-bond donors (Lipinski definition) is 1. The van der Waals surface area contributed by atoms with Crippen LogP contribution in [0.15, 0.2) is 15.2 Å². The Morgan fingerprint density at radius 1 is 1.56 bits per heavy atom. The second-order valence-electron chi connectivity index (χ2n) is 4.01. The van der Waals surface area contributed by atoms with Gasteiger partial charge in [0.15, 0.2) is 16.5 Å². The van der Waals surface area contributed by atoms with E-state index in [-0.39, 0.29) is 24.8 Å². The van der Waals surface area contributed by atoms with E-state index in [1.165, 1.54) is 4.90 Å². The molecule has 0 aliphatic carbocycles. The number of carboxylic acid groups (broad SMARTS) is 1. The van der Waals surface area contributed by atoms with Gasteiger partial charge >= 0.3 is 5.97 Å². The molecule has 1 saturated heterocycles. The zero-order valence-corrected chi connectivity index (χ0v) is 11.3. The van der Waals surface area contributed by atoms with Gasteiger partial charge in [-0.3, -0.25) is 4.79 Å². The molecule has 1 aliphatic heterocycles. The highest BCUT2D eigenvalue weighted by atomic mass is 79.9. The van der Waals surface area contributed by atoms with Crippen LogP contribution in [0.4, 0.5) is 0 Å². The van der Waals surface area contributed by atoms with Crippen molar-refractivity contribution in [3.05, 3.63) is 22.1 Å². The van der Waals surface area contributed by atoms with Crippen molar-refractivity contribution in [2.45, 2.75) is 13.0 Å². The summed E-state index contributed by atoms with van der Waals surface area (Å²) in [4.78, 5) is 24.4. The topological polar surface area (TPSA) is 80.0 Å². The van der Waals surface area contributed by atoms with Gasteiger partial charge in [-0.2, -0.15) is 0 Å². The van der Waals surface area contributed by atoms with E-state index in [0.29, 0.717) is 16.8 Å². The lowest BCUT2D eigenvalue weighted by atomic mass is 10.2. The van der Waals surface area contributed by atoms with Crippen LogP contribution < -0.4 is 0 Å². The van der Waals surface area contributed by atoms with E-state index in [9.17, 15) is 9.59 Å². The number of morpholine rings is 1. The van der Waals surface area contributed by atoms with Crippen molar-refractivity contribution in [1.82, 2.24) is 4.90 Å². The van der Waals surface area contributed by atoms with E-state index >= 15 is 0 Å². The van der Waals surface area contributed by atoms with Crippen molar-refractivity contribution in [1.29, 1.82) is 0 Å². The highest BCUT2D eigenvalue weighted by Crippen LogP contribution is 2.21. The monoisotopic (exact) mass is 317 g/mol. The van der Waals surface area contributed by atoms with Gasteiger partial charge in [0.05, 0.1) is 13.2 Å². The molecule has 98 valence electrons. The summed E-state index contributed by atoms with van der Waals surface area (Å²) < 4.78 is 10.8. The van der Waals surface area contributed by atoms with E-state index in [0.717, 1.165) is 0 Å². The molecule has 0 radical (unpaired) electrons.